The minimum absolute atomic E-state index is 0.0780. The van der Waals surface area contributed by atoms with Crippen LogP contribution >= 0.6 is 0 Å². The van der Waals surface area contributed by atoms with E-state index >= 15 is 0 Å². The third-order valence-electron chi connectivity index (χ3n) is 4.99. The maximum Gasteiger partial charge on any atom is 0.234 e. The predicted octanol–water partition coefficient (Wildman–Crippen LogP) is 1.87. The number of carbonyl (C=O) groups is 1. The van der Waals surface area contributed by atoms with E-state index in [1.165, 1.54) is 5.56 Å². The number of aliphatic imine (C=N–C) groups is 1. The van der Waals surface area contributed by atoms with Crippen LogP contribution in [-0.2, 0) is 11.3 Å². The molecule has 1 amide bonds. The monoisotopic (exact) mass is 412 g/mol. The van der Waals surface area contributed by atoms with E-state index in [1.807, 2.05) is 26.0 Å². The number of benzene rings is 1. The molecule has 0 saturated carbocycles. The number of nitrogens with zero attached hydrogens (tertiary/aromatic N) is 4. The van der Waals surface area contributed by atoms with Gasteiger partial charge in [0.15, 0.2) is 11.7 Å². The van der Waals surface area contributed by atoms with Crippen LogP contribution in [0.15, 0.2) is 39.9 Å². The SMILES string of the molecule is CN=C(NCc1ncc(-c2ccc(C)cc2)o1)N1CCN(CC(=O)NC(C)C)CC1. The third-order valence-corrected chi connectivity index (χ3v) is 4.99. The van der Waals surface area contributed by atoms with Gasteiger partial charge in [-0.2, -0.15) is 0 Å². The summed E-state index contributed by atoms with van der Waals surface area (Å²) in [4.78, 5) is 25.1. The highest BCUT2D eigenvalue weighted by atomic mass is 16.4. The first-order chi connectivity index (χ1) is 14.4. The summed E-state index contributed by atoms with van der Waals surface area (Å²) in [7, 11) is 1.78. The van der Waals surface area contributed by atoms with Crippen molar-refractivity contribution in [2.24, 2.45) is 4.99 Å². The minimum atomic E-state index is 0.0780. The number of hydrogen-bond acceptors (Lipinski definition) is 5. The van der Waals surface area contributed by atoms with Crippen LogP contribution < -0.4 is 10.6 Å². The molecular weight excluding hydrogens is 380 g/mol. The molecule has 1 aliphatic rings. The van der Waals surface area contributed by atoms with Crippen LogP contribution in [0.25, 0.3) is 11.3 Å². The van der Waals surface area contributed by atoms with Gasteiger partial charge in [-0.25, -0.2) is 4.98 Å². The zero-order chi connectivity index (χ0) is 21.5. The Morgan fingerprint density at radius 3 is 2.53 bits per heavy atom. The van der Waals surface area contributed by atoms with E-state index in [0.29, 0.717) is 19.0 Å². The molecule has 8 nitrogen and oxygen atoms in total. The lowest BCUT2D eigenvalue weighted by molar-refractivity contribution is -0.123. The van der Waals surface area contributed by atoms with Crippen LogP contribution in [0.1, 0.15) is 25.3 Å². The van der Waals surface area contributed by atoms with E-state index < -0.39 is 0 Å². The van der Waals surface area contributed by atoms with Crippen molar-refractivity contribution in [3.05, 3.63) is 41.9 Å². The number of aromatic nitrogens is 1. The first-order valence-electron chi connectivity index (χ1n) is 10.4. The van der Waals surface area contributed by atoms with Crippen LogP contribution in [0.3, 0.4) is 0 Å². The van der Waals surface area contributed by atoms with Crippen molar-refractivity contribution in [1.82, 2.24) is 25.4 Å². The Labute approximate surface area is 178 Å². The average Bonchev–Trinajstić information content (AvgIpc) is 3.18. The van der Waals surface area contributed by atoms with Crippen molar-refractivity contribution >= 4 is 11.9 Å². The molecule has 1 aromatic carbocycles. The maximum absolute atomic E-state index is 12.0. The summed E-state index contributed by atoms with van der Waals surface area (Å²) in [5.41, 5.74) is 2.23. The number of amides is 1. The summed E-state index contributed by atoms with van der Waals surface area (Å²) >= 11 is 0. The lowest BCUT2D eigenvalue weighted by Gasteiger charge is -2.36. The molecule has 1 aromatic heterocycles. The summed E-state index contributed by atoms with van der Waals surface area (Å²) in [6, 6.07) is 8.36. The molecule has 3 rings (SSSR count). The van der Waals surface area contributed by atoms with Crippen LogP contribution in [0.2, 0.25) is 0 Å². The van der Waals surface area contributed by atoms with Gasteiger partial charge in [0.25, 0.3) is 0 Å². The summed E-state index contributed by atoms with van der Waals surface area (Å²) in [6.07, 6.45) is 1.76. The van der Waals surface area contributed by atoms with Crippen molar-refractivity contribution in [1.29, 1.82) is 0 Å². The molecule has 0 unspecified atom stereocenters. The summed E-state index contributed by atoms with van der Waals surface area (Å²) in [5, 5.41) is 6.28. The number of rotatable bonds is 6. The molecule has 8 heteroatoms. The molecule has 1 saturated heterocycles. The topological polar surface area (TPSA) is 86.0 Å². The van der Waals surface area contributed by atoms with Crippen molar-refractivity contribution in [2.45, 2.75) is 33.4 Å². The molecule has 30 heavy (non-hydrogen) atoms. The maximum atomic E-state index is 12.0. The van der Waals surface area contributed by atoms with Gasteiger partial charge < -0.3 is 20.0 Å². The van der Waals surface area contributed by atoms with E-state index in [1.54, 1.807) is 13.2 Å². The smallest absolute Gasteiger partial charge is 0.234 e. The van der Waals surface area contributed by atoms with E-state index in [4.69, 9.17) is 4.42 Å². The molecule has 2 N–H and O–H groups in total. The fourth-order valence-electron chi connectivity index (χ4n) is 3.42. The molecule has 1 aliphatic heterocycles. The second-order valence-corrected chi connectivity index (χ2v) is 7.87. The Hall–Kier alpha value is -2.87. The molecule has 0 radical (unpaired) electrons. The quantitative estimate of drug-likeness (QED) is 0.557. The van der Waals surface area contributed by atoms with Crippen molar-refractivity contribution in [3.63, 3.8) is 0 Å². The van der Waals surface area contributed by atoms with Gasteiger partial charge in [-0.05, 0) is 20.8 Å². The number of piperazine rings is 1. The highest BCUT2D eigenvalue weighted by molar-refractivity contribution is 5.80. The van der Waals surface area contributed by atoms with Gasteiger partial charge in [0.05, 0.1) is 19.3 Å². The van der Waals surface area contributed by atoms with Crippen molar-refractivity contribution in [2.75, 3.05) is 39.8 Å². The van der Waals surface area contributed by atoms with Crippen LogP contribution in [0, 0.1) is 6.92 Å². The number of nitrogens with one attached hydrogen (secondary N) is 2. The Morgan fingerprint density at radius 2 is 1.90 bits per heavy atom. The Balaban J connectivity index is 1.48. The molecule has 2 aromatic rings. The van der Waals surface area contributed by atoms with Gasteiger partial charge in [0.1, 0.15) is 0 Å². The van der Waals surface area contributed by atoms with Gasteiger partial charge in [-0.3, -0.25) is 14.7 Å². The fourth-order valence-corrected chi connectivity index (χ4v) is 3.42. The Morgan fingerprint density at radius 1 is 1.20 bits per heavy atom. The molecular formula is C22H32N6O2. The molecule has 0 aliphatic carbocycles. The zero-order valence-corrected chi connectivity index (χ0v) is 18.3. The average molecular weight is 413 g/mol. The van der Waals surface area contributed by atoms with Crippen LogP contribution in [0.5, 0.6) is 0 Å². The van der Waals surface area contributed by atoms with Crippen molar-refractivity contribution < 1.29 is 9.21 Å². The van der Waals surface area contributed by atoms with E-state index in [0.717, 1.165) is 43.5 Å². The molecule has 0 bridgehead atoms. The number of carbonyl (C=O) groups excluding carboxylic acids is 1. The van der Waals surface area contributed by atoms with Gasteiger partial charge in [0, 0.05) is 44.8 Å². The number of aryl methyl sites for hydroxylation is 1. The summed E-state index contributed by atoms with van der Waals surface area (Å²) in [6.45, 7) is 10.2. The summed E-state index contributed by atoms with van der Waals surface area (Å²) in [5.74, 6) is 2.27. The van der Waals surface area contributed by atoms with Crippen LogP contribution in [-0.4, -0.2) is 72.5 Å². The highest BCUT2D eigenvalue weighted by Gasteiger charge is 2.21. The Bertz CT molecular complexity index is 851. The van der Waals surface area contributed by atoms with Crippen LogP contribution in [0.4, 0.5) is 0 Å². The lowest BCUT2D eigenvalue weighted by Crippen LogP contribution is -2.54. The first-order valence-corrected chi connectivity index (χ1v) is 10.4. The predicted molar refractivity (Wildman–Crippen MR) is 118 cm³/mol. The standard InChI is InChI=1S/C22H32N6O2/c1-16(2)26-20(29)15-27-9-11-28(12-10-27)22(23-4)25-14-21-24-13-19(30-21)18-7-5-17(3)6-8-18/h5-8,13,16H,9-12,14-15H2,1-4H3,(H,23,25)(H,26,29). The summed E-state index contributed by atoms with van der Waals surface area (Å²) < 4.78 is 5.88. The van der Waals surface area contributed by atoms with E-state index in [-0.39, 0.29) is 11.9 Å². The van der Waals surface area contributed by atoms with E-state index in [2.05, 4.69) is 49.5 Å². The highest BCUT2D eigenvalue weighted by Crippen LogP contribution is 2.20. The van der Waals surface area contributed by atoms with E-state index in [9.17, 15) is 4.79 Å². The number of oxazole rings is 1. The van der Waals surface area contributed by atoms with Gasteiger partial charge in [-0.1, -0.05) is 29.8 Å². The lowest BCUT2D eigenvalue weighted by atomic mass is 10.1. The largest absolute Gasteiger partial charge is 0.439 e. The molecule has 0 atom stereocenters. The molecule has 0 spiro atoms. The molecule has 1 fully saturated rings. The number of guanidine groups is 1. The van der Waals surface area contributed by atoms with Crippen molar-refractivity contribution in [3.8, 4) is 11.3 Å². The first kappa shape index (κ1) is 21.8. The number of hydrogen-bond donors (Lipinski definition) is 2. The molecule has 162 valence electrons. The van der Waals surface area contributed by atoms with Gasteiger partial charge in [0.2, 0.25) is 11.8 Å². The van der Waals surface area contributed by atoms with Gasteiger partial charge >= 0.3 is 0 Å². The second kappa shape index (κ2) is 10.2. The van der Waals surface area contributed by atoms with Gasteiger partial charge in [-0.15, -0.1) is 0 Å². The normalized spacial score (nSPS) is 15.5. The second-order valence-electron chi connectivity index (χ2n) is 7.87. The fraction of sp³-hybridized carbons (Fsp3) is 0.500. The third kappa shape index (κ3) is 6.06. The molecule has 2 heterocycles. The Kier molecular flexibility index (Phi) is 7.46. The zero-order valence-electron chi connectivity index (χ0n) is 18.3. The minimum Gasteiger partial charge on any atom is -0.439 e.